The number of hydrogen-bond donors (Lipinski definition) is 3. The Balaban J connectivity index is 1.48. The summed E-state index contributed by atoms with van der Waals surface area (Å²) in [6.07, 6.45) is 2.20. The highest BCUT2D eigenvalue weighted by Crippen LogP contribution is 2.22. The van der Waals surface area contributed by atoms with Crippen LogP contribution in [0.5, 0.6) is 0 Å². The van der Waals surface area contributed by atoms with E-state index in [4.69, 9.17) is 0 Å². The van der Waals surface area contributed by atoms with Gasteiger partial charge >= 0.3 is 5.97 Å². The molecule has 0 aliphatic carbocycles. The molecule has 2 unspecified atom stereocenters. The van der Waals surface area contributed by atoms with Crippen LogP contribution in [-0.2, 0) is 20.8 Å². The quantitative estimate of drug-likeness (QED) is 0.373. The predicted molar refractivity (Wildman–Crippen MR) is 132 cm³/mol. The summed E-state index contributed by atoms with van der Waals surface area (Å²) in [5, 5.41) is 15.0. The Hall–Kier alpha value is -3.93. The van der Waals surface area contributed by atoms with Crippen molar-refractivity contribution in [1.82, 2.24) is 5.32 Å². The van der Waals surface area contributed by atoms with Crippen LogP contribution in [0.2, 0.25) is 0 Å². The van der Waals surface area contributed by atoms with E-state index >= 15 is 0 Å². The zero-order chi connectivity index (χ0) is 24.3. The number of carbonyl (C=O) groups is 3. The zero-order valence-corrected chi connectivity index (χ0v) is 19.2. The first kappa shape index (κ1) is 24.7. The van der Waals surface area contributed by atoms with Crippen LogP contribution in [0.15, 0.2) is 84.9 Å². The van der Waals surface area contributed by atoms with Crippen LogP contribution in [0.4, 0.5) is 5.69 Å². The second kappa shape index (κ2) is 12.3. The topological polar surface area (TPSA) is 95.5 Å². The van der Waals surface area contributed by atoms with Crippen LogP contribution in [0.3, 0.4) is 0 Å². The molecule has 0 bridgehead atoms. The van der Waals surface area contributed by atoms with Gasteiger partial charge in [-0.05, 0) is 48.1 Å². The number of carbonyl (C=O) groups excluding carboxylic acids is 2. The predicted octanol–water partition coefficient (Wildman–Crippen LogP) is 5.08. The molecule has 6 nitrogen and oxygen atoms in total. The summed E-state index contributed by atoms with van der Waals surface area (Å²) in [5.41, 5.74) is 3.31. The molecule has 0 spiro atoms. The van der Waals surface area contributed by atoms with Gasteiger partial charge in [0.1, 0.15) is 0 Å². The molecule has 3 aromatic rings. The van der Waals surface area contributed by atoms with E-state index < -0.39 is 12.0 Å². The number of aryl methyl sites for hydroxylation is 1. The lowest BCUT2D eigenvalue weighted by Crippen LogP contribution is -2.33. The molecule has 0 saturated carbocycles. The van der Waals surface area contributed by atoms with Crippen molar-refractivity contribution in [2.45, 2.75) is 44.6 Å². The van der Waals surface area contributed by atoms with E-state index in [2.05, 4.69) is 10.6 Å². The van der Waals surface area contributed by atoms with E-state index in [0.717, 1.165) is 16.8 Å². The highest BCUT2D eigenvalue weighted by atomic mass is 16.4. The Labute approximate surface area is 200 Å². The Morgan fingerprint density at radius 1 is 0.824 bits per heavy atom. The first-order chi connectivity index (χ1) is 16.5. The molecule has 3 N–H and O–H groups in total. The standard InChI is InChI=1S/C28H30N2O4/c1-2-24(21-11-5-3-6-12-21)27(32)29-23-18-16-20(17-19-23)10-9-15-25(31)30-26(28(33)34)22-13-7-4-8-14-22/h3-8,11-14,16-19,24,26H,2,9-10,15H2,1H3,(H,29,32)(H,30,31)(H,33,34). The first-order valence-electron chi connectivity index (χ1n) is 11.5. The van der Waals surface area contributed by atoms with Gasteiger partial charge < -0.3 is 15.7 Å². The molecule has 0 aromatic heterocycles. The van der Waals surface area contributed by atoms with E-state index in [1.54, 1.807) is 30.3 Å². The molecule has 0 aliphatic rings. The minimum atomic E-state index is -1.09. The molecule has 0 saturated heterocycles. The zero-order valence-electron chi connectivity index (χ0n) is 19.2. The number of benzene rings is 3. The Kier molecular flexibility index (Phi) is 8.97. The van der Waals surface area contributed by atoms with Gasteiger partial charge in [-0.1, -0.05) is 79.7 Å². The largest absolute Gasteiger partial charge is 0.479 e. The van der Waals surface area contributed by atoms with E-state index in [1.165, 1.54) is 0 Å². The van der Waals surface area contributed by atoms with Crippen molar-refractivity contribution < 1.29 is 19.5 Å². The SMILES string of the molecule is CCC(C(=O)Nc1ccc(CCCC(=O)NC(C(=O)O)c2ccccc2)cc1)c1ccccc1. The average Bonchev–Trinajstić information content (AvgIpc) is 2.85. The molecule has 0 fully saturated rings. The van der Waals surface area contributed by atoms with Crippen LogP contribution in [0, 0.1) is 0 Å². The fraction of sp³-hybridized carbons (Fsp3) is 0.250. The third-order valence-electron chi connectivity index (χ3n) is 5.70. The van der Waals surface area contributed by atoms with E-state index in [1.807, 2.05) is 61.5 Å². The van der Waals surface area contributed by atoms with Gasteiger partial charge in [0.05, 0.1) is 5.92 Å². The minimum absolute atomic E-state index is 0.0375. The monoisotopic (exact) mass is 458 g/mol. The highest BCUT2D eigenvalue weighted by molar-refractivity contribution is 5.95. The van der Waals surface area contributed by atoms with Crippen molar-refractivity contribution in [2.24, 2.45) is 0 Å². The molecule has 176 valence electrons. The van der Waals surface area contributed by atoms with Crippen molar-refractivity contribution >= 4 is 23.5 Å². The number of anilines is 1. The lowest BCUT2D eigenvalue weighted by molar-refractivity contribution is -0.142. The van der Waals surface area contributed by atoms with Gasteiger partial charge in [-0.2, -0.15) is 0 Å². The van der Waals surface area contributed by atoms with Crippen LogP contribution in [0.25, 0.3) is 0 Å². The first-order valence-corrected chi connectivity index (χ1v) is 11.5. The molecule has 34 heavy (non-hydrogen) atoms. The maximum Gasteiger partial charge on any atom is 0.330 e. The number of rotatable bonds is 11. The second-order valence-electron chi connectivity index (χ2n) is 8.16. The summed E-state index contributed by atoms with van der Waals surface area (Å²) in [7, 11) is 0. The summed E-state index contributed by atoms with van der Waals surface area (Å²) in [6.45, 7) is 2.00. The number of amides is 2. The lowest BCUT2D eigenvalue weighted by atomic mass is 9.95. The maximum atomic E-state index is 12.7. The van der Waals surface area contributed by atoms with Gasteiger partial charge in [-0.3, -0.25) is 9.59 Å². The normalized spacial score (nSPS) is 12.4. The molecule has 0 radical (unpaired) electrons. The average molecular weight is 459 g/mol. The third kappa shape index (κ3) is 7.04. The van der Waals surface area contributed by atoms with Gasteiger partial charge in [0.25, 0.3) is 0 Å². The summed E-state index contributed by atoms with van der Waals surface area (Å²) < 4.78 is 0. The Morgan fingerprint density at radius 2 is 1.41 bits per heavy atom. The van der Waals surface area contributed by atoms with Crippen molar-refractivity contribution in [3.05, 3.63) is 102 Å². The number of carboxylic acids is 1. The molecular weight excluding hydrogens is 428 g/mol. The Bertz CT molecular complexity index is 1080. The summed E-state index contributed by atoms with van der Waals surface area (Å²) >= 11 is 0. The van der Waals surface area contributed by atoms with E-state index in [9.17, 15) is 19.5 Å². The summed E-state index contributed by atoms with van der Waals surface area (Å²) in [4.78, 5) is 36.5. The fourth-order valence-electron chi connectivity index (χ4n) is 3.86. The third-order valence-corrected chi connectivity index (χ3v) is 5.70. The molecule has 6 heteroatoms. The van der Waals surface area contributed by atoms with Crippen LogP contribution in [-0.4, -0.2) is 22.9 Å². The van der Waals surface area contributed by atoms with Crippen molar-refractivity contribution in [3.63, 3.8) is 0 Å². The van der Waals surface area contributed by atoms with Crippen molar-refractivity contribution in [3.8, 4) is 0 Å². The maximum absolute atomic E-state index is 12.7. The summed E-state index contributed by atoms with van der Waals surface area (Å²) in [6, 6.07) is 24.9. The second-order valence-corrected chi connectivity index (χ2v) is 8.16. The number of aliphatic carboxylic acids is 1. The summed E-state index contributed by atoms with van der Waals surface area (Å²) in [5.74, 6) is -1.63. The van der Waals surface area contributed by atoms with E-state index in [-0.39, 0.29) is 24.2 Å². The highest BCUT2D eigenvalue weighted by Gasteiger charge is 2.21. The van der Waals surface area contributed by atoms with Crippen molar-refractivity contribution in [2.75, 3.05) is 5.32 Å². The molecule has 0 aliphatic heterocycles. The molecule has 3 aromatic carbocycles. The van der Waals surface area contributed by atoms with Gasteiger partial charge in [0, 0.05) is 12.1 Å². The van der Waals surface area contributed by atoms with Gasteiger partial charge in [0.2, 0.25) is 11.8 Å². The van der Waals surface area contributed by atoms with Gasteiger partial charge in [0.15, 0.2) is 6.04 Å². The molecule has 0 heterocycles. The van der Waals surface area contributed by atoms with E-state index in [0.29, 0.717) is 24.8 Å². The van der Waals surface area contributed by atoms with Crippen LogP contribution < -0.4 is 10.6 Å². The molecular formula is C28H30N2O4. The fourth-order valence-corrected chi connectivity index (χ4v) is 3.86. The molecule has 2 amide bonds. The van der Waals surface area contributed by atoms with Crippen LogP contribution >= 0.6 is 0 Å². The number of nitrogens with one attached hydrogen (secondary N) is 2. The smallest absolute Gasteiger partial charge is 0.330 e. The van der Waals surface area contributed by atoms with Crippen molar-refractivity contribution in [1.29, 1.82) is 0 Å². The molecule has 2 atom stereocenters. The number of carboxylic acid groups (broad SMARTS) is 1. The number of hydrogen-bond acceptors (Lipinski definition) is 3. The van der Waals surface area contributed by atoms with Crippen LogP contribution in [0.1, 0.15) is 54.8 Å². The minimum Gasteiger partial charge on any atom is -0.479 e. The van der Waals surface area contributed by atoms with Gasteiger partial charge in [-0.15, -0.1) is 0 Å². The Morgan fingerprint density at radius 3 is 1.97 bits per heavy atom. The van der Waals surface area contributed by atoms with Gasteiger partial charge in [-0.25, -0.2) is 4.79 Å². The molecule has 3 rings (SSSR count). The lowest BCUT2D eigenvalue weighted by Gasteiger charge is -2.16.